The highest BCUT2D eigenvalue weighted by molar-refractivity contribution is 6.09. The summed E-state index contributed by atoms with van der Waals surface area (Å²) in [6, 6.07) is 21.7. The van der Waals surface area contributed by atoms with Gasteiger partial charge in [-0.05, 0) is 36.2 Å². The van der Waals surface area contributed by atoms with Crippen LogP contribution in [0.4, 0.5) is 9.18 Å². The molecule has 4 amide bonds. The summed E-state index contributed by atoms with van der Waals surface area (Å²) in [5, 5.41) is 5.34. The predicted molar refractivity (Wildman–Crippen MR) is 123 cm³/mol. The summed E-state index contributed by atoms with van der Waals surface area (Å²) in [5.41, 5.74) is 0.840. The molecule has 34 heavy (non-hydrogen) atoms. The molecule has 1 fully saturated rings. The van der Waals surface area contributed by atoms with E-state index in [9.17, 15) is 18.8 Å². The van der Waals surface area contributed by atoms with Crippen molar-refractivity contribution >= 4 is 17.8 Å². The molecule has 8 heteroatoms. The van der Waals surface area contributed by atoms with E-state index in [0.29, 0.717) is 17.9 Å². The molecule has 0 saturated carbocycles. The Morgan fingerprint density at radius 1 is 1.00 bits per heavy atom. The molecule has 2 N–H and O–H groups in total. The Labute approximate surface area is 196 Å². The molecule has 0 spiro atoms. The topological polar surface area (TPSA) is 87.7 Å². The Morgan fingerprint density at radius 3 is 2.41 bits per heavy atom. The maximum Gasteiger partial charge on any atom is 0.325 e. The Bertz CT molecular complexity index is 1200. The highest BCUT2D eigenvalue weighted by Crippen LogP contribution is 2.28. The highest BCUT2D eigenvalue weighted by atomic mass is 19.1. The van der Waals surface area contributed by atoms with E-state index in [1.54, 1.807) is 0 Å². The van der Waals surface area contributed by atoms with Gasteiger partial charge in [-0.25, -0.2) is 9.18 Å². The lowest BCUT2D eigenvalue weighted by molar-refractivity contribution is -0.134. The molecule has 3 aromatic carbocycles. The average molecular weight is 461 g/mol. The van der Waals surface area contributed by atoms with E-state index >= 15 is 0 Å². The molecule has 1 saturated heterocycles. The molecular weight excluding hydrogens is 437 g/mol. The summed E-state index contributed by atoms with van der Waals surface area (Å²) in [7, 11) is 0. The molecule has 4 rings (SSSR count). The number of nitrogens with zero attached hydrogens (tertiary/aromatic N) is 1. The minimum Gasteiger partial charge on any atom is -0.489 e. The molecule has 3 aromatic rings. The molecule has 1 atom stereocenters. The van der Waals surface area contributed by atoms with Gasteiger partial charge in [-0.15, -0.1) is 0 Å². The van der Waals surface area contributed by atoms with Crippen LogP contribution in [-0.2, 0) is 28.3 Å². The van der Waals surface area contributed by atoms with Crippen molar-refractivity contribution in [3.05, 3.63) is 101 Å². The van der Waals surface area contributed by atoms with Gasteiger partial charge in [0.1, 0.15) is 30.3 Å². The van der Waals surface area contributed by atoms with Gasteiger partial charge in [0, 0.05) is 12.1 Å². The van der Waals surface area contributed by atoms with Gasteiger partial charge in [0.05, 0.1) is 0 Å². The number of carbonyl (C=O) groups is 3. The van der Waals surface area contributed by atoms with Crippen molar-refractivity contribution in [2.45, 2.75) is 25.6 Å². The maximum atomic E-state index is 13.3. The van der Waals surface area contributed by atoms with Crippen molar-refractivity contribution in [3.8, 4) is 5.75 Å². The minimum atomic E-state index is -1.37. The lowest BCUT2D eigenvalue weighted by Crippen LogP contribution is -2.43. The van der Waals surface area contributed by atoms with Gasteiger partial charge >= 0.3 is 6.03 Å². The minimum absolute atomic E-state index is 0.169. The van der Waals surface area contributed by atoms with Crippen LogP contribution in [0.15, 0.2) is 78.9 Å². The van der Waals surface area contributed by atoms with Gasteiger partial charge in [-0.2, -0.15) is 0 Å². The third-order valence-electron chi connectivity index (χ3n) is 5.68. The largest absolute Gasteiger partial charge is 0.489 e. The normalized spacial score (nSPS) is 17.4. The number of amides is 4. The van der Waals surface area contributed by atoms with Gasteiger partial charge in [0.25, 0.3) is 5.91 Å². The Morgan fingerprint density at radius 2 is 1.68 bits per heavy atom. The second-order valence-electron chi connectivity index (χ2n) is 8.11. The Balaban J connectivity index is 1.37. The predicted octanol–water partition coefficient (Wildman–Crippen LogP) is 3.49. The third-order valence-corrected chi connectivity index (χ3v) is 5.68. The summed E-state index contributed by atoms with van der Waals surface area (Å²) < 4.78 is 19.2. The van der Waals surface area contributed by atoms with Crippen LogP contribution in [0.5, 0.6) is 5.75 Å². The van der Waals surface area contributed by atoms with Crippen LogP contribution in [0.1, 0.15) is 23.6 Å². The molecule has 0 radical (unpaired) electrons. The standard InChI is InChI=1S/C26H24FN3O4/c1-26(20-11-13-21(27)14-12-20)24(32)30(25(33)29-26)16-23(31)28-15-19-9-5-6-10-22(19)34-17-18-7-3-2-4-8-18/h2-14H,15-17H2,1H3,(H,28,31)(H,29,33). The van der Waals surface area contributed by atoms with E-state index in [-0.39, 0.29) is 6.54 Å². The van der Waals surface area contributed by atoms with Gasteiger partial charge in [0.2, 0.25) is 5.91 Å². The number of ether oxygens (including phenoxy) is 1. The van der Waals surface area contributed by atoms with Crippen LogP contribution < -0.4 is 15.4 Å². The summed E-state index contributed by atoms with van der Waals surface area (Å²) in [6.45, 7) is 1.64. The monoisotopic (exact) mass is 461 g/mol. The third kappa shape index (κ3) is 4.91. The van der Waals surface area contributed by atoms with Crippen molar-refractivity contribution in [1.29, 1.82) is 0 Å². The Hall–Kier alpha value is -4.20. The maximum absolute atomic E-state index is 13.3. The molecule has 1 heterocycles. The fourth-order valence-corrected chi connectivity index (χ4v) is 3.74. The molecule has 0 aromatic heterocycles. The summed E-state index contributed by atoms with van der Waals surface area (Å²) in [5.74, 6) is -0.894. The van der Waals surface area contributed by atoms with Crippen LogP contribution in [0.25, 0.3) is 0 Å². The molecule has 0 bridgehead atoms. The van der Waals surface area contributed by atoms with E-state index in [1.807, 2.05) is 54.6 Å². The fourth-order valence-electron chi connectivity index (χ4n) is 3.74. The number of benzene rings is 3. The van der Waals surface area contributed by atoms with Crippen LogP contribution >= 0.6 is 0 Å². The van der Waals surface area contributed by atoms with E-state index in [0.717, 1.165) is 16.0 Å². The van der Waals surface area contributed by atoms with Gasteiger partial charge in [-0.1, -0.05) is 60.7 Å². The summed E-state index contributed by atoms with van der Waals surface area (Å²) in [6.07, 6.45) is 0. The van der Waals surface area contributed by atoms with Crippen molar-refractivity contribution in [3.63, 3.8) is 0 Å². The molecule has 7 nitrogen and oxygen atoms in total. The quantitative estimate of drug-likeness (QED) is 0.503. The van der Waals surface area contributed by atoms with Crippen molar-refractivity contribution in [1.82, 2.24) is 15.5 Å². The first-order chi connectivity index (χ1) is 16.4. The summed E-state index contributed by atoms with van der Waals surface area (Å²) in [4.78, 5) is 38.8. The van der Waals surface area contributed by atoms with E-state index in [1.165, 1.54) is 31.2 Å². The van der Waals surface area contributed by atoms with Crippen molar-refractivity contribution in [2.75, 3.05) is 6.54 Å². The summed E-state index contributed by atoms with van der Waals surface area (Å²) >= 11 is 0. The second kappa shape index (κ2) is 9.74. The molecule has 0 aliphatic carbocycles. The van der Waals surface area contributed by atoms with Gasteiger partial charge in [-0.3, -0.25) is 14.5 Å². The lowest BCUT2D eigenvalue weighted by atomic mass is 9.92. The number of rotatable bonds is 8. The Kier molecular flexibility index (Phi) is 6.58. The van der Waals surface area contributed by atoms with E-state index in [4.69, 9.17) is 4.74 Å². The van der Waals surface area contributed by atoms with Gasteiger partial charge in [0.15, 0.2) is 0 Å². The van der Waals surface area contributed by atoms with E-state index in [2.05, 4.69) is 10.6 Å². The first-order valence-corrected chi connectivity index (χ1v) is 10.8. The number of halogens is 1. The van der Waals surface area contributed by atoms with Crippen LogP contribution in [0.3, 0.4) is 0 Å². The van der Waals surface area contributed by atoms with Gasteiger partial charge < -0.3 is 15.4 Å². The van der Waals surface area contributed by atoms with Crippen molar-refractivity contribution < 1.29 is 23.5 Å². The van der Waals surface area contributed by atoms with Crippen LogP contribution in [0.2, 0.25) is 0 Å². The number of nitrogens with one attached hydrogen (secondary N) is 2. The molecule has 1 unspecified atom stereocenters. The number of imide groups is 1. The van der Waals surface area contributed by atoms with Crippen LogP contribution in [0, 0.1) is 5.82 Å². The number of hydrogen-bond acceptors (Lipinski definition) is 4. The number of carbonyl (C=O) groups excluding carboxylic acids is 3. The zero-order valence-electron chi connectivity index (χ0n) is 18.6. The smallest absolute Gasteiger partial charge is 0.325 e. The average Bonchev–Trinajstić information content (AvgIpc) is 3.06. The molecule has 174 valence electrons. The first kappa shape index (κ1) is 23.0. The van der Waals surface area contributed by atoms with Crippen molar-refractivity contribution in [2.24, 2.45) is 0 Å². The zero-order chi connectivity index (χ0) is 24.1. The first-order valence-electron chi connectivity index (χ1n) is 10.8. The molecular formula is C26H24FN3O4. The second-order valence-corrected chi connectivity index (χ2v) is 8.11. The number of hydrogen-bond donors (Lipinski definition) is 2. The fraction of sp³-hybridized carbons (Fsp3) is 0.192. The molecule has 1 aliphatic heterocycles. The lowest BCUT2D eigenvalue weighted by Gasteiger charge is -2.22. The number of para-hydroxylation sites is 1. The number of urea groups is 1. The zero-order valence-corrected chi connectivity index (χ0v) is 18.6. The van der Waals surface area contributed by atoms with E-state index < -0.39 is 35.7 Å². The SMILES string of the molecule is CC1(c2ccc(F)cc2)NC(=O)N(CC(=O)NCc2ccccc2OCc2ccccc2)C1=O. The van der Waals surface area contributed by atoms with Crippen LogP contribution in [-0.4, -0.2) is 29.3 Å². The highest BCUT2D eigenvalue weighted by Gasteiger charge is 2.49. The molecule has 1 aliphatic rings.